The maximum atomic E-state index is 11.4. The molecule has 2 heterocycles. The molecule has 1 aromatic carbocycles. The number of fused-ring (bicyclic) bond motifs is 1. The minimum atomic E-state index is -0.451. The van der Waals surface area contributed by atoms with E-state index in [2.05, 4.69) is 4.98 Å². The van der Waals surface area contributed by atoms with Crippen LogP contribution in [0.2, 0.25) is 0 Å². The van der Waals surface area contributed by atoms with Crippen LogP contribution < -0.4 is 0 Å². The number of ether oxygens (including phenoxy) is 3. The number of benzene rings is 1. The Kier molecular flexibility index (Phi) is 3.52. The molecule has 0 atom stereocenters. The highest BCUT2D eigenvalue weighted by Crippen LogP contribution is 2.30. The average Bonchev–Trinajstić information content (AvgIpc) is 3.08. The SMILES string of the molecule is COC(OC)c1nc(-c2ccc3c(c2)COC3=O)cs1. The zero-order chi connectivity index (χ0) is 14.1. The minimum Gasteiger partial charge on any atom is -0.457 e. The molecule has 1 aliphatic rings. The summed E-state index contributed by atoms with van der Waals surface area (Å²) in [5.74, 6) is -0.260. The molecule has 0 aliphatic carbocycles. The van der Waals surface area contributed by atoms with Gasteiger partial charge in [-0.15, -0.1) is 11.3 Å². The highest BCUT2D eigenvalue weighted by atomic mass is 32.1. The molecule has 2 aromatic rings. The smallest absolute Gasteiger partial charge is 0.338 e. The van der Waals surface area contributed by atoms with E-state index in [9.17, 15) is 4.79 Å². The second-order valence-electron chi connectivity index (χ2n) is 4.32. The molecule has 0 fully saturated rings. The van der Waals surface area contributed by atoms with Crippen LogP contribution in [0.25, 0.3) is 11.3 Å². The first kappa shape index (κ1) is 13.2. The Morgan fingerprint density at radius 1 is 1.35 bits per heavy atom. The number of nitrogens with zero attached hydrogens (tertiary/aromatic N) is 1. The fourth-order valence-electron chi connectivity index (χ4n) is 2.12. The van der Waals surface area contributed by atoms with E-state index in [1.54, 1.807) is 20.3 Å². The molecule has 0 spiro atoms. The van der Waals surface area contributed by atoms with E-state index in [0.29, 0.717) is 12.2 Å². The highest BCUT2D eigenvalue weighted by Gasteiger charge is 2.22. The summed E-state index contributed by atoms with van der Waals surface area (Å²) >= 11 is 1.48. The van der Waals surface area contributed by atoms with E-state index in [0.717, 1.165) is 21.8 Å². The molecule has 3 rings (SSSR count). The molecule has 0 N–H and O–H groups in total. The van der Waals surface area contributed by atoms with Gasteiger partial charge in [-0.1, -0.05) is 6.07 Å². The fraction of sp³-hybridized carbons (Fsp3) is 0.286. The summed E-state index contributed by atoms with van der Waals surface area (Å²) in [6, 6.07) is 5.59. The van der Waals surface area contributed by atoms with Crippen LogP contribution in [-0.2, 0) is 20.8 Å². The number of rotatable bonds is 4. The van der Waals surface area contributed by atoms with E-state index in [1.165, 1.54) is 11.3 Å². The number of hydrogen-bond acceptors (Lipinski definition) is 6. The Bertz CT molecular complexity index is 648. The van der Waals surface area contributed by atoms with Crippen LogP contribution in [-0.4, -0.2) is 25.2 Å². The first-order valence-corrected chi connectivity index (χ1v) is 6.92. The van der Waals surface area contributed by atoms with E-state index in [4.69, 9.17) is 14.2 Å². The predicted molar refractivity (Wildman–Crippen MR) is 73.4 cm³/mol. The van der Waals surface area contributed by atoms with Gasteiger partial charge in [-0.05, 0) is 12.1 Å². The Balaban J connectivity index is 1.92. The summed E-state index contributed by atoms with van der Waals surface area (Å²) in [4.78, 5) is 15.9. The van der Waals surface area contributed by atoms with Gasteiger partial charge in [0.15, 0.2) is 0 Å². The molecule has 0 radical (unpaired) electrons. The summed E-state index contributed by atoms with van der Waals surface area (Å²) in [5.41, 5.74) is 3.33. The molecular formula is C14H13NO4S. The molecular weight excluding hydrogens is 278 g/mol. The molecule has 0 unspecified atom stereocenters. The number of thiazole rings is 1. The Morgan fingerprint density at radius 3 is 2.90 bits per heavy atom. The average molecular weight is 291 g/mol. The number of hydrogen-bond donors (Lipinski definition) is 0. The van der Waals surface area contributed by atoms with Crippen molar-refractivity contribution >= 4 is 17.3 Å². The van der Waals surface area contributed by atoms with Gasteiger partial charge in [-0.25, -0.2) is 9.78 Å². The second-order valence-corrected chi connectivity index (χ2v) is 5.21. The Morgan fingerprint density at radius 2 is 2.15 bits per heavy atom. The zero-order valence-corrected chi connectivity index (χ0v) is 11.9. The third kappa shape index (κ3) is 2.22. The lowest BCUT2D eigenvalue weighted by atomic mass is 10.0. The zero-order valence-electron chi connectivity index (χ0n) is 11.1. The fourth-order valence-corrected chi connectivity index (χ4v) is 2.99. The summed E-state index contributed by atoms with van der Waals surface area (Å²) in [6.45, 7) is 0.331. The summed E-state index contributed by atoms with van der Waals surface area (Å²) < 4.78 is 15.4. The predicted octanol–water partition coefficient (Wildman–Crippen LogP) is 2.77. The van der Waals surface area contributed by atoms with Crippen molar-refractivity contribution in [3.05, 3.63) is 39.7 Å². The van der Waals surface area contributed by atoms with E-state index < -0.39 is 6.29 Å². The van der Waals surface area contributed by atoms with Gasteiger partial charge < -0.3 is 14.2 Å². The Labute approximate surface area is 120 Å². The van der Waals surface area contributed by atoms with Gasteiger partial charge in [0.1, 0.15) is 11.6 Å². The molecule has 1 aliphatic heterocycles. The normalized spacial score (nSPS) is 13.7. The number of esters is 1. The lowest BCUT2D eigenvalue weighted by Crippen LogP contribution is -2.02. The Hall–Kier alpha value is -1.76. The van der Waals surface area contributed by atoms with Crippen molar-refractivity contribution < 1.29 is 19.0 Å². The third-order valence-electron chi connectivity index (χ3n) is 3.13. The molecule has 104 valence electrons. The monoisotopic (exact) mass is 291 g/mol. The van der Waals surface area contributed by atoms with Crippen molar-refractivity contribution in [1.29, 1.82) is 0 Å². The van der Waals surface area contributed by atoms with Crippen molar-refractivity contribution in [3.63, 3.8) is 0 Å². The van der Waals surface area contributed by atoms with Gasteiger partial charge in [0.2, 0.25) is 6.29 Å². The maximum Gasteiger partial charge on any atom is 0.338 e. The van der Waals surface area contributed by atoms with Crippen LogP contribution in [0.3, 0.4) is 0 Å². The van der Waals surface area contributed by atoms with Crippen LogP contribution in [0.1, 0.15) is 27.2 Å². The molecule has 6 heteroatoms. The largest absolute Gasteiger partial charge is 0.457 e. The van der Waals surface area contributed by atoms with Crippen molar-refractivity contribution in [1.82, 2.24) is 4.98 Å². The lowest BCUT2D eigenvalue weighted by molar-refractivity contribution is -0.106. The number of methoxy groups -OCH3 is 2. The highest BCUT2D eigenvalue weighted by molar-refractivity contribution is 7.10. The van der Waals surface area contributed by atoms with Crippen molar-refractivity contribution in [2.24, 2.45) is 0 Å². The van der Waals surface area contributed by atoms with Crippen LogP contribution in [0, 0.1) is 0 Å². The molecule has 0 saturated carbocycles. The summed E-state index contributed by atoms with van der Waals surface area (Å²) in [7, 11) is 3.15. The van der Waals surface area contributed by atoms with Crippen LogP contribution in [0.5, 0.6) is 0 Å². The minimum absolute atomic E-state index is 0.260. The first-order valence-electron chi connectivity index (χ1n) is 6.04. The number of carbonyl (C=O) groups is 1. The number of carbonyl (C=O) groups excluding carboxylic acids is 1. The molecule has 1 aromatic heterocycles. The van der Waals surface area contributed by atoms with E-state index in [-0.39, 0.29) is 5.97 Å². The van der Waals surface area contributed by atoms with Gasteiger partial charge in [0.25, 0.3) is 0 Å². The second kappa shape index (κ2) is 5.32. The van der Waals surface area contributed by atoms with Crippen LogP contribution in [0.4, 0.5) is 0 Å². The quantitative estimate of drug-likeness (QED) is 0.640. The summed E-state index contributed by atoms with van der Waals surface area (Å²) in [5, 5.41) is 2.71. The molecule has 20 heavy (non-hydrogen) atoms. The van der Waals surface area contributed by atoms with E-state index in [1.807, 2.05) is 17.5 Å². The van der Waals surface area contributed by atoms with Crippen molar-refractivity contribution in [2.75, 3.05) is 14.2 Å². The molecule has 0 saturated heterocycles. The van der Waals surface area contributed by atoms with Crippen LogP contribution >= 0.6 is 11.3 Å². The van der Waals surface area contributed by atoms with Crippen molar-refractivity contribution in [3.8, 4) is 11.3 Å². The first-order chi connectivity index (χ1) is 9.72. The number of aromatic nitrogens is 1. The van der Waals surface area contributed by atoms with Gasteiger partial charge in [-0.2, -0.15) is 0 Å². The summed E-state index contributed by atoms with van der Waals surface area (Å²) in [6.07, 6.45) is -0.451. The van der Waals surface area contributed by atoms with Gasteiger partial charge in [0.05, 0.1) is 11.3 Å². The number of cyclic esters (lactones) is 1. The van der Waals surface area contributed by atoms with Gasteiger partial charge >= 0.3 is 5.97 Å². The van der Waals surface area contributed by atoms with Gasteiger partial charge in [-0.3, -0.25) is 0 Å². The third-order valence-corrected chi connectivity index (χ3v) is 4.00. The van der Waals surface area contributed by atoms with Crippen LogP contribution in [0.15, 0.2) is 23.6 Å². The van der Waals surface area contributed by atoms with E-state index >= 15 is 0 Å². The molecule has 0 bridgehead atoms. The maximum absolute atomic E-state index is 11.4. The van der Waals surface area contributed by atoms with Crippen molar-refractivity contribution in [2.45, 2.75) is 12.9 Å². The topological polar surface area (TPSA) is 57.6 Å². The molecule has 5 nitrogen and oxygen atoms in total. The standard InChI is InChI=1S/C14H13NO4S/c1-17-14(18-2)12-15-11(7-20-12)8-3-4-10-9(5-8)6-19-13(10)16/h3-5,7,14H,6H2,1-2H3. The molecule has 0 amide bonds. The van der Waals surface area contributed by atoms with Gasteiger partial charge in [0, 0.05) is 30.7 Å². The lowest BCUT2D eigenvalue weighted by Gasteiger charge is -2.09.